The normalized spacial score (nSPS) is 24.9. The standard InChI is InChI=1S/C13H21N3O/c1-10-13-14-7-12(9-17-8-11-3-4-11)16(13)6-5-15(10)2/h7,10-11H,3-6,8-9H2,1-2H3. The van der Waals surface area contributed by atoms with Crippen molar-refractivity contribution in [3.05, 3.63) is 17.7 Å². The van der Waals surface area contributed by atoms with E-state index in [9.17, 15) is 0 Å². The van der Waals surface area contributed by atoms with Crippen LogP contribution in [0.2, 0.25) is 0 Å². The van der Waals surface area contributed by atoms with Crippen molar-refractivity contribution in [2.75, 3.05) is 20.2 Å². The van der Waals surface area contributed by atoms with Crippen LogP contribution >= 0.6 is 0 Å². The Morgan fingerprint density at radius 1 is 1.41 bits per heavy atom. The van der Waals surface area contributed by atoms with Gasteiger partial charge in [0.15, 0.2) is 0 Å². The minimum Gasteiger partial charge on any atom is -0.375 e. The molecule has 2 heterocycles. The van der Waals surface area contributed by atoms with Crippen molar-refractivity contribution in [1.29, 1.82) is 0 Å². The van der Waals surface area contributed by atoms with Crippen LogP contribution < -0.4 is 0 Å². The maximum absolute atomic E-state index is 5.76. The van der Waals surface area contributed by atoms with Gasteiger partial charge >= 0.3 is 0 Å². The molecule has 4 nitrogen and oxygen atoms in total. The predicted molar refractivity (Wildman–Crippen MR) is 65.7 cm³/mol. The summed E-state index contributed by atoms with van der Waals surface area (Å²) in [5, 5.41) is 0. The van der Waals surface area contributed by atoms with Crippen LogP contribution in [-0.4, -0.2) is 34.7 Å². The van der Waals surface area contributed by atoms with Crippen molar-refractivity contribution < 1.29 is 4.74 Å². The molecule has 0 radical (unpaired) electrons. The van der Waals surface area contributed by atoms with Crippen LogP contribution in [0, 0.1) is 5.92 Å². The number of hydrogen-bond acceptors (Lipinski definition) is 3. The molecule has 1 aliphatic heterocycles. The summed E-state index contributed by atoms with van der Waals surface area (Å²) in [6, 6.07) is 0.418. The highest BCUT2D eigenvalue weighted by atomic mass is 16.5. The minimum absolute atomic E-state index is 0.418. The molecular weight excluding hydrogens is 214 g/mol. The lowest BCUT2D eigenvalue weighted by molar-refractivity contribution is 0.103. The van der Waals surface area contributed by atoms with E-state index in [4.69, 9.17) is 4.74 Å². The molecule has 1 aromatic rings. The maximum atomic E-state index is 5.76. The first kappa shape index (κ1) is 11.2. The summed E-state index contributed by atoms with van der Waals surface area (Å²) >= 11 is 0. The average molecular weight is 235 g/mol. The van der Waals surface area contributed by atoms with Crippen molar-refractivity contribution in [3.8, 4) is 0 Å². The fourth-order valence-corrected chi connectivity index (χ4v) is 2.40. The molecule has 0 bridgehead atoms. The van der Waals surface area contributed by atoms with Crippen LogP contribution in [0.3, 0.4) is 0 Å². The Labute approximate surface area is 103 Å². The second-order valence-electron chi connectivity index (χ2n) is 5.37. The molecule has 1 atom stereocenters. The zero-order valence-electron chi connectivity index (χ0n) is 10.7. The van der Waals surface area contributed by atoms with Gasteiger partial charge in [0.05, 0.1) is 24.5 Å². The maximum Gasteiger partial charge on any atom is 0.126 e. The van der Waals surface area contributed by atoms with Crippen LogP contribution in [0.5, 0.6) is 0 Å². The van der Waals surface area contributed by atoms with Gasteiger partial charge in [0.1, 0.15) is 5.82 Å². The molecule has 0 amide bonds. The molecule has 0 spiro atoms. The average Bonchev–Trinajstić information content (AvgIpc) is 3.04. The molecule has 1 aliphatic carbocycles. The first-order valence-electron chi connectivity index (χ1n) is 6.58. The second kappa shape index (κ2) is 4.42. The molecule has 1 saturated carbocycles. The molecule has 2 aliphatic rings. The van der Waals surface area contributed by atoms with Gasteiger partial charge in [0.25, 0.3) is 0 Å². The van der Waals surface area contributed by atoms with Crippen LogP contribution in [-0.2, 0) is 17.9 Å². The summed E-state index contributed by atoms with van der Waals surface area (Å²) in [5.41, 5.74) is 1.24. The van der Waals surface area contributed by atoms with Crippen molar-refractivity contribution in [3.63, 3.8) is 0 Å². The molecule has 0 N–H and O–H groups in total. The first-order chi connectivity index (χ1) is 8.25. The van der Waals surface area contributed by atoms with Crippen molar-refractivity contribution in [2.24, 2.45) is 5.92 Å². The number of hydrogen-bond donors (Lipinski definition) is 0. The molecule has 17 heavy (non-hydrogen) atoms. The number of likely N-dealkylation sites (N-methyl/N-ethyl adjacent to an activating group) is 1. The molecule has 94 valence electrons. The first-order valence-corrected chi connectivity index (χ1v) is 6.58. The Balaban J connectivity index is 1.66. The van der Waals surface area contributed by atoms with Crippen LogP contribution in [0.1, 0.15) is 37.3 Å². The molecule has 1 unspecified atom stereocenters. The largest absolute Gasteiger partial charge is 0.375 e. The highest BCUT2D eigenvalue weighted by Gasteiger charge is 2.25. The van der Waals surface area contributed by atoms with Crippen molar-refractivity contribution >= 4 is 0 Å². The minimum atomic E-state index is 0.418. The Bertz CT molecular complexity index is 397. The van der Waals surface area contributed by atoms with E-state index in [-0.39, 0.29) is 0 Å². The second-order valence-corrected chi connectivity index (χ2v) is 5.37. The van der Waals surface area contributed by atoms with Gasteiger partial charge in [-0.05, 0) is 32.7 Å². The highest BCUT2D eigenvalue weighted by molar-refractivity contribution is 5.10. The van der Waals surface area contributed by atoms with Crippen LogP contribution in [0.4, 0.5) is 0 Å². The van der Waals surface area contributed by atoms with E-state index < -0.39 is 0 Å². The third-order valence-corrected chi connectivity index (χ3v) is 3.98. The predicted octanol–water partition coefficient (Wildman–Crippen LogP) is 1.82. The van der Waals surface area contributed by atoms with E-state index >= 15 is 0 Å². The Hall–Kier alpha value is -0.870. The molecule has 3 rings (SSSR count). The zero-order chi connectivity index (χ0) is 11.8. The Morgan fingerprint density at radius 3 is 3.00 bits per heavy atom. The molecule has 0 aromatic carbocycles. The van der Waals surface area contributed by atoms with Gasteiger partial charge in [-0.2, -0.15) is 0 Å². The third-order valence-electron chi connectivity index (χ3n) is 3.98. The SMILES string of the molecule is CC1c2ncc(COCC3CC3)n2CCN1C. The van der Waals surface area contributed by atoms with Gasteiger partial charge in [-0.25, -0.2) is 4.98 Å². The van der Waals surface area contributed by atoms with E-state index in [1.54, 1.807) is 0 Å². The van der Waals surface area contributed by atoms with Gasteiger partial charge in [-0.1, -0.05) is 0 Å². The van der Waals surface area contributed by atoms with Crippen molar-refractivity contribution in [2.45, 2.75) is 39.0 Å². The summed E-state index contributed by atoms with van der Waals surface area (Å²) in [6.07, 6.45) is 4.69. The van der Waals surface area contributed by atoms with E-state index in [2.05, 4.69) is 28.4 Å². The number of imidazole rings is 1. The summed E-state index contributed by atoms with van der Waals surface area (Å²) in [4.78, 5) is 6.89. The fraction of sp³-hybridized carbons (Fsp3) is 0.769. The molecule has 0 saturated heterocycles. The molecule has 4 heteroatoms. The van der Waals surface area contributed by atoms with Crippen LogP contribution in [0.15, 0.2) is 6.20 Å². The summed E-state index contributed by atoms with van der Waals surface area (Å²) in [7, 11) is 2.16. The third kappa shape index (κ3) is 2.24. The summed E-state index contributed by atoms with van der Waals surface area (Å²) in [6.45, 7) is 6.00. The number of aromatic nitrogens is 2. The summed E-state index contributed by atoms with van der Waals surface area (Å²) in [5.74, 6) is 2.02. The Kier molecular flexibility index (Phi) is 2.92. The van der Waals surface area contributed by atoms with Gasteiger partial charge < -0.3 is 9.30 Å². The van der Waals surface area contributed by atoms with Gasteiger partial charge in [0.2, 0.25) is 0 Å². The van der Waals surface area contributed by atoms with E-state index in [0.29, 0.717) is 6.04 Å². The van der Waals surface area contributed by atoms with Crippen molar-refractivity contribution in [1.82, 2.24) is 14.5 Å². The number of ether oxygens (including phenoxy) is 1. The lowest BCUT2D eigenvalue weighted by Crippen LogP contribution is -2.34. The lowest BCUT2D eigenvalue weighted by atomic mass is 10.2. The lowest BCUT2D eigenvalue weighted by Gasteiger charge is -2.31. The molecule has 1 fully saturated rings. The van der Waals surface area contributed by atoms with E-state index in [0.717, 1.165) is 32.2 Å². The fourth-order valence-electron chi connectivity index (χ4n) is 2.40. The van der Waals surface area contributed by atoms with Crippen LogP contribution in [0.25, 0.3) is 0 Å². The van der Waals surface area contributed by atoms with Gasteiger partial charge in [-0.15, -0.1) is 0 Å². The van der Waals surface area contributed by atoms with Gasteiger partial charge in [0, 0.05) is 19.7 Å². The number of nitrogens with zero attached hydrogens (tertiary/aromatic N) is 3. The quantitative estimate of drug-likeness (QED) is 0.797. The molecule has 1 aromatic heterocycles. The Morgan fingerprint density at radius 2 is 2.24 bits per heavy atom. The highest BCUT2D eigenvalue weighted by Crippen LogP contribution is 2.29. The zero-order valence-corrected chi connectivity index (χ0v) is 10.7. The molecular formula is C13H21N3O. The monoisotopic (exact) mass is 235 g/mol. The number of rotatable bonds is 4. The number of fused-ring (bicyclic) bond motifs is 1. The van der Waals surface area contributed by atoms with Gasteiger partial charge in [-0.3, -0.25) is 4.90 Å². The smallest absolute Gasteiger partial charge is 0.126 e. The topological polar surface area (TPSA) is 30.3 Å². The van der Waals surface area contributed by atoms with E-state index in [1.807, 2.05) is 6.20 Å². The summed E-state index contributed by atoms with van der Waals surface area (Å²) < 4.78 is 8.09. The van der Waals surface area contributed by atoms with E-state index in [1.165, 1.54) is 24.4 Å².